The third-order valence-electron chi connectivity index (χ3n) is 10.5. The van der Waals surface area contributed by atoms with Crippen molar-refractivity contribution >= 4 is 93.4 Å². The highest BCUT2D eigenvalue weighted by Crippen LogP contribution is 2.50. The molecule has 0 bridgehead atoms. The Morgan fingerprint density at radius 3 is 2.02 bits per heavy atom. The SMILES string of the molecule is C1=CC2Sc3ccc(-c4ccc(N(c5cccc6nonc56)c5ccc(-c6ccc7sc8ccccc8c7c6)c6nonc56)c5nonc45)cc3C2C=C1. The number of thiophene rings is 1. The van der Waals surface area contributed by atoms with Gasteiger partial charge in [-0.05, 0) is 114 Å². The predicted molar refractivity (Wildman–Crippen MR) is 212 cm³/mol. The maximum atomic E-state index is 5.51. The molecule has 6 aromatic carbocycles. The molecule has 10 aromatic rings. The Kier molecular flexibility index (Phi) is 6.33. The molecular weight excluding hydrogens is 715 g/mol. The number of hydrogen-bond acceptors (Lipinski definition) is 12. The summed E-state index contributed by atoms with van der Waals surface area (Å²) in [4.78, 5) is 3.33. The van der Waals surface area contributed by atoms with Crippen LogP contribution in [0.1, 0.15) is 11.5 Å². The van der Waals surface area contributed by atoms with E-state index in [0.29, 0.717) is 61.3 Å². The van der Waals surface area contributed by atoms with Crippen LogP contribution in [0.25, 0.3) is 75.5 Å². The Balaban J connectivity index is 1.04. The smallest absolute Gasteiger partial charge is 0.159 e. The van der Waals surface area contributed by atoms with Gasteiger partial charge in [-0.25, -0.2) is 13.9 Å². The lowest BCUT2D eigenvalue weighted by molar-refractivity contribution is 0.315. The number of thioether (sulfide) groups is 1. The fourth-order valence-electron chi connectivity index (χ4n) is 8.00. The lowest BCUT2D eigenvalue weighted by Gasteiger charge is -2.25. The van der Waals surface area contributed by atoms with E-state index in [0.717, 1.165) is 22.3 Å². The van der Waals surface area contributed by atoms with Crippen molar-refractivity contribution in [2.45, 2.75) is 16.1 Å². The molecule has 2 aliphatic rings. The lowest BCUT2D eigenvalue weighted by atomic mass is 9.90. The van der Waals surface area contributed by atoms with Crippen LogP contribution in [0.3, 0.4) is 0 Å². The standard InChI is InChI=1S/C42H23N7O3S2/c1-3-10-34-26(6-1)28-20-22(12-18-36(28)53-34)24-14-16-32(41-38(24)44-51-47-41)49(31-9-5-8-30-40(31)46-50-43-30)33-17-15-25(39-42(33)48-52-45-39)23-13-19-37-29(21-23)27-7-2-4-11-35(27)54-37/h1-21,26,34H. The minimum atomic E-state index is 0.333. The second-order valence-corrected chi connectivity index (χ2v) is 15.7. The van der Waals surface area contributed by atoms with Crippen LogP contribution in [-0.4, -0.2) is 36.2 Å². The lowest BCUT2D eigenvalue weighted by Crippen LogP contribution is -2.12. The Labute approximate surface area is 313 Å². The summed E-state index contributed by atoms with van der Waals surface area (Å²) in [6.07, 6.45) is 8.83. The molecule has 2 atom stereocenters. The van der Waals surface area contributed by atoms with Crippen molar-refractivity contribution < 1.29 is 13.9 Å². The van der Waals surface area contributed by atoms with Crippen molar-refractivity contribution in [2.24, 2.45) is 0 Å². The summed E-state index contributed by atoms with van der Waals surface area (Å²) in [6, 6.07) is 35.6. The van der Waals surface area contributed by atoms with Gasteiger partial charge in [-0.15, -0.1) is 23.1 Å². The van der Waals surface area contributed by atoms with E-state index in [9.17, 15) is 0 Å². The van der Waals surface area contributed by atoms with Crippen molar-refractivity contribution in [3.8, 4) is 22.3 Å². The second kappa shape index (κ2) is 11.4. The first-order valence-electron chi connectivity index (χ1n) is 17.4. The molecule has 0 amide bonds. The minimum Gasteiger partial charge on any atom is -0.303 e. The molecular formula is C42H23N7O3S2. The number of benzene rings is 6. The number of nitrogens with zero attached hydrogens (tertiary/aromatic N) is 7. The molecule has 2 unspecified atom stereocenters. The number of allylic oxidation sites excluding steroid dienone is 3. The van der Waals surface area contributed by atoms with Crippen LogP contribution >= 0.6 is 23.1 Å². The summed E-state index contributed by atoms with van der Waals surface area (Å²) in [6.45, 7) is 0. The van der Waals surface area contributed by atoms with Crippen molar-refractivity contribution in [3.05, 3.63) is 133 Å². The summed E-state index contributed by atoms with van der Waals surface area (Å²) in [5, 5.41) is 29.2. The first-order chi connectivity index (χ1) is 26.8. The van der Waals surface area contributed by atoms with E-state index in [1.54, 1.807) is 11.3 Å². The zero-order chi connectivity index (χ0) is 35.3. The van der Waals surface area contributed by atoms with E-state index in [1.165, 1.54) is 30.6 Å². The van der Waals surface area contributed by atoms with Crippen LogP contribution in [0, 0.1) is 0 Å². The number of hydrogen-bond donors (Lipinski definition) is 0. The van der Waals surface area contributed by atoms with E-state index >= 15 is 0 Å². The number of anilines is 3. The predicted octanol–water partition coefficient (Wildman–Crippen LogP) is 11.2. The molecule has 0 N–H and O–H groups in total. The first-order valence-corrected chi connectivity index (χ1v) is 19.1. The Morgan fingerprint density at radius 2 is 1.19 bits per heavy atom. The Hall–Kier alpha value is -6.63. The van der Waals surface area contributed by atoms with Crippen molar-refractivity contribution in [3.63, 3.8) is 0 Å². The number of aromatic nitrogens is 6. The highest BCUT2D eigenvalue weighted by molar-refractivity contribution is 8.00. The second-order valence-electron chi connectivity index (χ2n) is 13.4. The molecule has 54 heavy (non-hydrogen) atoms. The zero-order valence-corrected chi connectivity index (χ0v) is 29.6. The van der Waals surface area contributed by atoms with E-state index in [1.807, 2.05) is 47.0 Å². The summed E-state index contributed by atoms with van der Waals surface area (Å²) in [5.74, 6) is 0.333. The van der Waals surface area contributed by atoms with E-state index in [2.05, 4.69) is 128 Å². The molecule has 12 rings (SSSR count). The van der Waals surface area contributed by atoms with Crippen molar-refractivity contribution in [1.29, 1.82) is 0 Å². The topological polar surface area (TPSA) is 120 Å². The van der Waals surface area contributed by atoms with Crippen LogP contribution in [-0.2, 0) is 0 Å². The largest absolute Gasteiger partial charge is 0.303 e. The van der Waals surface area contributed by atoms with Crippen molar-refractivity contribution in [2.75, 3.05) is 4.90 Å². The summed E-state index contributed by atoms with van der Waals surface area (Å²) >= 11 is 3.69. The maximum absolute atomic E-state index is 5.51. The molecule has 0 spiro atoms. The van der Waals surface area contributed by atoms with Gasteiger partial charge >= 0.3 is 0 Å². The molecule has 10 nitrogen and oxygen atoms in total. The van der Waals surface area contributed by atoms with Gasteiger partial charge in [0.25, 0.3) is 0 Å². The van der Waals surface area contributed by atoms with Crippen LogP contribution < -0.4 is 4.90 Å². The molecule has 0 saturated heterocycles. The molecule has 5 heterocycles. The number of rotatable bonds is 5. The van der Waals surface area contributed by atoms with Gasteiger partial charge in [-0.3, -0.25) is 0 Å². The Bertz CT molecular complexity index is 3210. The fraction of sp³-hybridized carbons (Fsp3) is 0.0476. The third-order valence-corrected chi connectivity index (χ3v) is 13.0. The Morgan fingerprint density at radius 1 is 0.519 bits per heavy atom. The molecule has 0 saturated carbocycles. The molecule has 4 aromatic heterocycles. The van der Waals surface area contributed by atoms with Gasteiger partial charge < -0.3 is 4.90 Å². The highest BCUT2D eigenvalue weighted by atomic mass is 32.2. The average molecular weight is 738 g/mol. The highest BCUT2D eigenvalue weighted by Gasteiger charge is 2.32. The van der Waals surface area contributed by atoms with Crippen molar-refractivity contribution in [1.82, 2.24) is 30.9 Å². The van der Waals surface area contributed by atoms with Gasteiger partial charge in [-0.2, -0.15) is 0 Å². The molecule has 0 radical (unpaired) electrons. The van der Waals surface area contributed by atoms with E-state index < -0.39 is 0 Å². The van der Waals surface area contributed by atoms with Gasteiger partial charge in [0, 0.05) is 47.4 Å². The zero-order valence-electron chi connectivity index (χ0n) is 28.0. The fourth-order valence-corrected chi connectivity index (χ4v) is 10.4. The summed E-state index contributed by atoms with van der Waals surface area (Å²) < 4.78 is 18.7. The van der Waals surface area contributed by atoms with E-state index in [4.69, 9.17) is 13.9 Å². The molecule has 1 aliphatic carbocycles. The average Bonchev–Trinajstić information content (AvgIpc) is 4.07. The molecule has 1 aliphatic heterocycles. The molecule has 12 heteroatoms. The van der Waals surface area contributed by atoms with Gasteiger partial charge in [0.1, 0.15) is 16.6 Å². The van der Waals surface area contributed by atoms with Gasteiger partial charge in [0.15, 0.2) is 16.6 Å². The summed E-state index contributed by atoms with van der Waals surface area (Å²) in [5.41, 5.74) is 10.8. The van der Waals surface area contributed by atoms with Crippen LogP contribution in [0.4, 0.5) is 17.1 Å². The first kappa shape index (κ1) is 29.9. The van der Waals surface area contributed by atoms with E-state index in [-0.39, 0.29) is 0 Å². The quantitative estimate of drug-likeness (QED) is 0.168. The third kappa shape index (κ3) is 4.35. The van der Waals surface area contributed by atoms with Crippen LogP contribution in [0.15, 0.2) is 146 Å². The van der Waals surface area contributed by atoms with Gasteiger partial charge in [-0.1, -0.05) is 60.7 Å². The normalized spacial score (nSPS) is 16.3. The van der Waals surface area contributed by atoms with Crippen LogP contribution in [0.2, 0.25) is 0 Å². The number of fused-ring (bicyclic) bond motifs is 9. The monoisotopic (exact) mass is 737 g/mol. The molecule has 0 fully saturated rings. The minimum absolute atomic E-state index is 0.333. The van der Waals surface area contributed by atoms with Crippen LogP contribution in [0.5, 0.6) is 0 Å². The van der Waals surface area contributed by atoms with Gasteiger partial charge in [0.2, 0.25) is 0 Å². The van der Waals surface area contributed by atoms with Gasteiger partial charge in [0.05, 0.1) is 17.1 Å². The maximum Gasteiger partial charge on any atom is 0.159 e. The summed E-state index contributed by atoms with van der Waals surface area (Å²) in [7, 11) is 0. The molecule has 256 valence electrons.